The molecule has 1 aromatic rings. The smallest absolute Gasteiger partial charge is 0.325 e. The van der Waals surface area contributed by atoms with Gasteiger partial charge >= 0.3 is 6.03 Å². The fourth-order valence-corrected chi connectivity index (χ4v) is 2.38. The average Bonchev–Trinajstić information content (AvgIpc) is 2.62. The van der Waals surface area contributed by atoms with E-state index in [2.05, 4.69) is 5.32 Å². The predicted octanol–water partition coefficient (Wildman–Crippen LogP) is 2.41. The molecular weight excluding hydrogens is 303 g/mol. The van der Waals surface area contributed by atoms with E-state index in [9.17, 15) is 9.59 Å². The minimum Gasteiger partial charge on any atom is -0.383 e. The van der Waals surface area contributed by atoms with E-state index in [-0.39, 0.29) is 19.1 Å². The highest BCUT2D eigenvalue weighted by Gasteiger charge is 2.48. The lowest BCUT2D eigenvalue weighted by Crippen LogP contribution is -2.41. The molecule has 0 radical (unpaired) electrons. The molecule has 1 N–H and O–H groups in total. The van der Waals surface area contributed by atoms with E-state index in [1.54, 1.807) is 25.1 Å². The second-order valence-electron chi connectivity index (χ2n) is 4.63. The summed E-state index contributed by atoms with van der Waals surface area (Å²) in [6.07, 6.45) is 0. The number of hydrogen-bond donors (Lipinski definition) is 1. The maximum absolute atomic E-state index is 12.5. The molecule has 3 amide bonds. The first-order chi connectivity index (χ1) is 9.40. The van der Waals surface area contributed by atoms with Crippen LogP contribution in [0.1, 0.15) is 12.5 Å². The van der Waals surface area contributed by atoms with Gasteiger partial charge in [-0.3, -0.25) is 9.69 Å². The third-order valence-electron chi connectivity index (χ3n) is 3.29. The fraction of sp³-hybridized carbons (Fsp3) is 0.385. The Hall–Kier alpha value is -1.30. The number of methoxy groups -OCH3 is 1. The van der Waals surface area contributed by atoms with Crippen molar-refractivity contribution in [1.29, 1.82) is 0 Å². The monoisotopic (exact) mass is 316 g/mol. The van der Waals surface area contributed by atoms with Crippen molar-refractivity contribution in [2.75, 3.05) is 20.3 Å². The second-order valence-corrected chi connectivity index (χ2v) is 5.45. The third-order valence-corrected chi connectivity index (χ3v) is 4.03. The number of carbonyl (C=O) groups excluding carboxylic acids is 2. The van der Waals surface area contributed by atoms with E-state index >= 15 is 0 Å². The topological polar surface area (TPSA) is 58.6 Å². The first-order valence-electron chi connectivity index (χ1n) is 5.98. The van der Waals surface area contributed by atoms with Gasteiger partial charge in [0.15, 0.2) is 0 Å². The first kappa shape index (κ1) is 15.1. The third kappa shape index (κ3) is 2.49. The summed E-state index contributed by atoms with van der Waals surface area (Å²) in [5.74, 6) is -0.335. The van der Waals surface area contributed by atoms with Crippen molar-refractivity contribution < 1.29 is 14.3 Å². The Morgan fingerprint density at radius 2 is 2.00 bits per heavy atom. The Morgan fingerprint density at radius 3 is 2.60 bits per heavy atom. The Labute approximate surface area is 126 Å². The molecule has 0 spiro atoms. The molecule has 5 nitrogen and oxygen atoms in total. The Kier molecular flexibility index (Phi) is 4.22. The van der Waals surface area contributed by atoms with Crippen molar-refractivity contribution in [2.24, 2.45) is 0 Å². The van der Waals surface area contributed by atoms with Crippen LogP contribution in [-0.2, 0) is 15.1 Å². The molecule has 108 valence electrons. The van der Waals surface area contributed by atoms with Crippen LogP contribution in [0, 0.1) is 0 Å². The second kappa shape index (κ2) is 5.60. The zero-order valence-corrected chi connectivity index (χ0v) is 12.6. The highest BCUT2D eigenvalue weighted by atomic mass is 35.5. The largest absolute Gasteiger partial charge is 0.383 e. The van der Waals surface area contributed by atoms with Gasteiger partial charge in [-0.05, 0) is 24.6 Å². The van der Waals surface area contributed by atoms with Crippen molar-refractivity contribution in [3.63, 3.8) is 0 Å². The molecule has 0 aliphatic carbocycles. The van der Waals surface area contributed by atoms with Gasteiger partial charge in [0.25, 0.3) is 5.91 Å². The molecule has 1 aliphatic rings. The highest BCUT2D eigenvalue weighted by molar-refractivity contribution is 6.42. The van der Waals surface area contributed by atoms with E-state index in [0.717, 1.165) is 4.90 Å². The number of nitrogens with one attached hydrogen (secondary N) is 1. The number of benzene rings is 1. The van der Waals surface area contributed by atoms with Gasteiger partial charge in [-0.15, -0.1) is 0 Å². The lowest BCUT2D eigenvalue weighted by molar-refractivity contribution is -0.131. The van der Waals surface area contributed by atoms with Crippen LogP contribution in [0.4, 0.5) is 4.79 Å². The van der Waals surface area contributed by atoms with Crippen LogP contribution >= 0.6 is 23.2 Å². The van der Waals surface area contributed by atoms with E-state index in [1.165, 1.54) is 7.11 Å². The molecule has 0 saturated carbocycles. The van der Waals surface area contributed by atoms with Crippen molar-refractivity contribution in [3.05, 3.63) is 33.8 Å². The summed E-state index contributed by atoms with van der Waals surface area (Å²) in [7, 11) is 1.51. The maximum Gasteiger partial charge on any atom is 0.325 e. The fourth-order valence-electron chi connectivity index (χ4n) is 2.09. The molecule has 0 aromatic heterocycles. The molecule has 1 aromatic carbocycles. The van der Waals surface area contributed by atoms with Crippen LogP contribution in [0.5, 0.6) is 0 Å². The summed E-state index contributed by atoms with van der Waals surface area (Å²) in [5, 5.41) is 3.41. The van der Waals surface area contributed by atoms with Crippen molar-refractivity contribution in [3.8, 4) is 0 Å². The molecule has 0 bridgehead atoms. The minimum absolute atomic E-state index is 0.206. The van der Waals surface area contributed by atoms with Gasteiger partial charge in [0.05, 0.1) is 23.2 Å². The zero-order chi connectivity index (χ0) is 14.9. The quantitative estimate of drug-likeness (QED) is 0.868. The Balaban J connectivity index is 2.33. The molecule has 1 heterocycles. The number of amides is 3. The molecule has 2 rings (SSSR count). The lowest BCUT2D eigenvalue weighted by Gasteiger charge is -2.22. The average molecular weight is 317 g/mol. The van der Waals surface area contributed by atoms with Crippen LogP contribution < -0.4 is 5.32 Å². The summed E-state index contributed by atoms with van der Waals surface area (Å²) >= 11 is 11.8. The van der Waals surface area contributed by atoms with Gasteiger partial charge in [0, 0.05) is 7.11 Å². The Morgan fingerprint density at radius 1 is 1.30 bits per heavy atom. The molecular formula is C13H14Cl2N2O3. The van der Waals surface area contributed by atoms with Gasteiger partial charge in [-0.2, -0.15) is 0 Å². The van der Waals surface area contributed by atoms with Crippen LogP contribution in [0.25, 0.3) is 0 Å². The molecule has 1 saturated heterocycles. The van der Waals surface area contributed by atoms with E-state index < -0.39 is 11.6 Å². The number of carbonyl (C=O) groups is 2. The summed E-state index contributed by atoms with van der Waals surface area (Å²) in [6, 6.07) is 4.41. The first-order valence-corrected chi connectivity index (χ1v) is 6.74. The molecule has 1 unspecified atom stereocenters. The number of rotatable bonds is 4. The maximum atomic E-state index is 12.5. The number of halogens is 2. The lowest BCUT2D eigenvalue weighted by atomic mass is 9.92. The zero-order valence-electron chi connectivity index (χ0n) is 11.1. The van der Waals surface area contributed by atoms with Crippen LogP contribution in [0.15, 0.2) is 18.2 Å². The number of urea groups is 1. The van der Waals surface area contributed by atoms with Crippen LogP contribution in [-0.4, -0.2) is 37.1 Å². The van der Waals surface area contributed by atoms with Crippen molar-refractivity contribution in [1.82, 2.24) is 10.2 Å². The number of nitrogens with zero attached hydrogens (tertiary/aromatic N) is 1. The molecule has 7 heteroatoms. The van der Waals surface area contributed by atoms with Gasteiger partial charge in [-0.25, -0.2) is 4.79 Å². The van der Waals surface area contributed by atoms with Gasteiger partial charge in [-0.1, -0.05) is 29.3 Å². The summed E-state index contributed by atoms with van der Waals surface area (Å²) in [4.78, 5) is 25.5. The number of ether oxygens (including phenoxy) is 1. The van der Waals surface area contributed by atoms with E-state index in [4.69, 9.17) is 27.9 Å². The van der Waals surface area contributed by atoms with Gasteiger partial charge in [0.2, 0.25) is 0 Å². The van der Waals surface area contributed by atoms with Gasteiger partial charge < -0.3 is 10.1 Å². The SMILES string of the molecule is COCCN1C(=O)NC(C)(c2ccc(Cl)c(Cl)c2)C1=O. The predicted molar refractivity (Wildman–Crippen MR) is 75.9 cm³/mol. The van der Waals surface area contributed by atoms with Gasteiger partial charge in [0.1, 0.15) is 5.54 Å². The molecule has 1 atom stereocenters. The number of hydrogen-bond acceptors (Lipinski definition) is 3. The summed E-state index contributed by atoms with van der Waals surface area (Å²) < 4.78 is 4.90. The summed E-state index contributed by atoms with van der Waals surface area (Å²) in [6.45, 7) is 2.13. The van der Waals surface area contributed by atoms with Crippen LogP contribution in [0.3, 0.4) is 0 Å². The van der Waals surface area contributed by atoms with Crippen molar-refractivity contribution in [2.45, 2.75) is 12.5 Å². The van der Waals surface area contributed by atoms with Crippen molar-refractivity contribution >= 4 is 35.1 Å². The molecule has 1 aliphatic heterocycles. The van der Waals surface area contributed by atoms with E-state index in [1.807, 2.05) is 0 Å². The minimum atomic E-state index is -1.14. The normalized spacial score (nSPS) is 22.3. The molecule has 1 fully saturated rings. The number of imide groups is 1. The standard InChI is InChI=1S/C13H14Cl2N2O3/c1-13(8-3-4-9(14)10(15)7-8)11(18)17(5-6-20-2)12(19)16-13/h3-4,7H,5-6H2,1-2H3,(H,16,19). The highest BCUT2D eigenvalue weighted by Crippen LogP contribution is 2.32. The summed E-state index contributed by atoms with van der Waals surface area (Å²) in [5.41, 5.74) is -0.552. The van der Waals surface area contributed by atoms with Crippen LogP contribution in [0.2, 0.25) is 10.0 Å². The Bertz CT molecular complexity index is 565. The molecule has 20 heavy (non-hydrogen) atoms. The van der Waals surface area contributed by atoms with E-state index in [0.29, 0.717) is 15.6 Å².